The molecule has 2 fully saturated rings. The highest BCUT2D eigenvalue weighted by Crippen LogP contribution is 2.34. The van der Waals surface area contributed by atoms with Crippen LogP contribution in [-0.4, -0.2) is 22.8 Å². The van der Waals surface area contributed by atoms with Crippen LogP contribution < -0.4 is 10.6 Å². The zero-order chi connectivity index (χ0) is 9.47. The molecule has 0 aromatic carbocycles. The first kappa shape index (κ1) is 8.50. The summed E-state index contributed by atoms with van der Waals surface area (Å²) in [5.74, 6) is -0.733. The predicted molar refractivity (Wildman–Crippen MR) is 43.6 cm³/mol. The summed E-state index contributed by atoms with van der Waals surface area (Å²) < 4.78 is 0. The molecule has 1 heterocycles. The Labute approximate surface area is 75.5 Å². The number of carbonyl (C=O) groups is 2. The molecule has 0 spiro atoms. The lowest BCUT2D eigenvalue weighted by atomic mass is 9.94. The van der Waals surface area contributed by atoms with Crippen molar-refractivity contribution in [3.05, 3.63) is 0 Å². The molecule has 0 bridgehead atoms. The van der Waals surface area contributed by atoms with Crippen LogP contribution in [0.3, 0.4) is 0 Å². The highest BCUT2D eigenvalue weighted by atomic mass is 16.3. The second-order valence-electron chi connectivity index (χ2n) is 3.66. The van der Waals surface area contributed by atoms with Gasteiger partial charge in [-0.3, -0.25) is 10.1 Å². The Morgan fingerprint density at radius 2 is 1.92 bits per heavy atom. The van der Waals surface area contributed by atoms with Crippen molar-refractivity contribution in [2.45, 2.75) is 31.4 Å². The van der Waals surface area contributed by atoms with E-state index in [4.69, 9.17) is 0 Å². The average Bonchev–Trinajstić information content (AvgIpc) is 2.61. The zero-order valence-corrected chi connectivity index (χ0v) is 7.17. The molecule has 5 nitrogen and oxygen atoms in total. The van der Waals surface area contributed by atoms with Gasteiger partial charge in [0.15, 0.2) is 0 Å². The minimum Gasteiger partial charge on any atom is -0.363 e. The van der Waals surface area contributed by atoms with E-state index in [2.05, 4.69) is 5.32 Å². The average molecular weight is 184 g/mol. The molecule has 1 atom stereocenters. The number of rotatable bonds is 1. The number of hydrogen-bond donors (Lipinski definition) is 3. The van der Waals surface area contributed by atoms with Gasteiger partial charge in [0.2, 0.25) is 5.72 Å². The van der Waals surface area contributed by atoms with Crippen molar-refractivity contribution in [1.82, 2.24) is 10.6 Å². The topological polar surface area (TPSA) is 78.4 Å². The van der Waals surface area contributed by atoms with Crippen LogP contribution in [0.25, 0.3) is 0 Å². The van der Waals surface area contributed by atoms with Gasteiger partial charge in [0.25, 0.3) is 5.91 Å². The number of aliphatic hydroxyl groups is 1. The lowest BCUT2D eigenvalue weighted by Gasteiger charge is -2.25. The monoisotopic (exact) mass is 184 g/mol. The van der Waals surface area contributed by atoms with Crippen molar-refractivity contribution in [3.63, 3.8) is 0 Å². The second kappa shape index (κ2) is 2.70. The minimum absolute atomic E-state index is 0.126. The van der Waals surface area contributed by atoms with Crippen molar-refractivity contribution in [1.29, 1.82) is 0 Å². The summed E-state index contributed by atoms with van der Waals surface area (Å²) in [4.78, 5) is 22.1. The van der Waals surface area contributed by atoms with Crippen LogP contribution in [0, 0.1) is 5.92 Å². The van der Waals surface area contributed by atoms with Gasteiger partial charge in [0, 0.05) is 5.92 Å². The van der Waals surface area contributed by atoms with E-state index in [1.807, 2.05) is 5.32 Å². The molecule has 3 amide bonds. The van der Waals surface area contributed by atoms with Gasteiger partial charge in [-0.15, -0.1) is 0 Å². The Morgan fingerprint density at radius 3 is 2.38 bits per heavy atom. The summed E-state index contributed by atoms with van der Waals surface area (Å²) >= 11 is 0. The Morgan fingerprint density at radius 1 is 1.31 bits per heavy atom. The predicted octanol–water partition coefficient (Wildman–Crippen LogP) is -0.295. The van der Waals surface area contributed by atoms with E-state index < -0.39 is 17.7 Å². The summed E-state index contributed by atoms with van der Waals surface area (Å²) in [5.41, 5.74) is -1.65. The number of urea groups is 1. The summed E-state index contributed by atoms with van der Waals surface area (Å²) in [6, 6.07) is -0.598. The second-order valence-corrected chi connectivity index (χ2v) is 3.66. The van der Waals surface area contributed by atoms with Crippen LogP contribution >= 0.6 is 0 Å². The summed E-state index contributed by atoms with van der Waals surface area (Å²) in [6.07, 6.45) is 3.61. The first-order chi connectivity index (χ1) is 6.13. The third kappa shape index (κ3) is 1.19. The van der Waals surface area contributed by atoms with E-state index in [1.165, 1.54) is 0 Å². The van der Waals surface area contributed by atoms with Crippen molar-refractivity contribution in [2.24, 2.45) is 5.92 Å². The summed E-state index contributed by atoms with van der Waals surface area (Å²) in [5, 5.41) is 14.2. The Bertz CT molecular complexity index is 260. The van der Waals surface area contributed by atoms with Gasteiger partial charge in [-0.05, 0) is 12.8 Å². The third-order valence-electron chi connectivity index (χ3n) is 2.82. The first-order valence-corrected chi connectivity index (χ1v) is 4.49. The quantitative estimate of drug-likeness (QED) is 0.490. The fraction of sp³-hybridized carbons (Fsp3) is 0.750. The molecule has 1 saturated heterocycles. The van der Waals surface area contributed by atoms with Crippen molar-refractivity contribution in [3.8, 4) is 0 Å². The van der Waals surface area contributed by atoms with E-state index >= 15 is 0 Å². The van der Waals surface area contributed by atoms with Crippen molar-refractivity contribution < 1.29 is 14.7 Å². The SMILES string of the molecule is O=C1NC(=O)C(O)(C2CCCC2)N1. The zero-order valence-electron chi connectivity index (χ0n) is 7.17. The smallest absolute Gasteiger partial charge is 0.324 e. The van der Waals surface area contributed by atoms with Crippen LogP contribution in [0.4, 0.5) is 4.79 Å². The molecule has 1 unspecified atom stereocenters. The van der Waals surface area contributed by atoms with Crippen LogP contribution in [0.15, 0.2) is 0 Å². The van der Waals surface area contributed by atoms with Gasteiger partial charge in [-0.2, -0.15) is 0 Å². The standard InChI is InChI=1S/C8H12N2O3/c11-6-8(13,10-7(12)9-6)5-3-1-2-4-5/h5,13H,1-4H2,(H2,9,10,11,12). The fourth-order valence-electron chi connectivity index (χ4n) is 2.09. The number of imide groups is 1. The van der Waals surface area contributed by atoms with E-state index in [0.29, 0.717) is 0 Å². The fourth-order valence-corrected chi connectivity index (χ4v) is 2.09. The highest BCUT2D eigenvalue weighted by molar-refractivity contribution is 6.06. The molecule has 0 aromatic heterocycles. The molecule has 2 aliphatic rings. The number of hydrogen-bond acceptors (Lipinski definition) is 3. The van der Waals surface area contributed by atoms with Gasteiger partial charge < -0.3 is 10.4 Å². The molecule has 72 valence electrons. The molecule has 5 heteroatoms. The van der Waals surface area contributed by atoms with Gasteiger partial charge >= 0.3 is 6.03 Å². The molecular formula is C8H12N2O3. The maximum absolute atomic E-state index is 11.2. The van der Waals surface area contributed by atoms with E-state index in [0.717, 1.165) is 25.7 Å². The van der Waals surface area contributed by atoms with E-state index in [9.17, 15) is 14.7 Å². The molecule has 3 N–H and O–H groups in total. The largest absolute Gasteiger partial charge is 0.363 e. The molecule has 2 rings (SSSR count). The Hall–Kier alpha value is -1.10. The lowest BCUT2D eigenvalue weighted by molar-refractivity contribution is -0.142. The molecule has 1 saturated carbocycles. The first-order valence-electron chi connectivity index (χ1n) is 4.49. The molecule has 1 aliphatic heterocycles. The number of carbonyl (C=O) groups excluding carboxylic acids is 2. The molecule has 0 aromatic rings. The van der Waals surface area contributed by atoms with Crippen LogP contribution in [-0.2, 0) is 4.79 Å². The van der Waals surface area contributed by atoms with Crippen molar-refractivity contribution >= 4 is 11.9 Å². The maximum Gasteiger partial charge on any atom is 0.324 e. The molecular weight excluding hydrogens is 172 g/mol. The van der Waals surface area contributed by atoms with Crippen LogP contribution in [0.1, 0.15) is 25.7 Å². The number of nitrogens with one attached hydrogen (secondary N) is 2. The lowest BCUT2D eigenvalue weighted by Crippen LogP contribution is -2.52. The third-order valence-corrected chi connectivity index (χ3v) is 2.82. The molecule has 0 radical (unpaired) electrons. The van der Waals surface area contributed by atoms with E-state index in [-0.39, 0.29) is 5.92 Å². The Balaban J connectivity index is 2.18. The van der Waals surface area contributed by atoms with Crippen LogP contribution in [0.2, 0.25) is 0 Å². The van der Waals surface area contributed by atoms with Crippen LogP contribution in [0.5, 0.6) is 0 Å². The summed E-state index contributed by atoms with van der Waals surface area (Å²) in [7, 11) is 0. The highest BCUT2D eigenvalue weighted by Gasteiger charge is 2.51. The van der Waals surface area contributed by atoms with E-state index in [1.54, 1.807) is 0 Å². The van der Waals surface area contributed by atoms with Crippen molar-refractivity contribution in [2.75, 3.05) is 0 Å². The minimum atomic E-state index is -1.65. The molecule has 1 aliphatic carbocycles. The maximum atomic E-state index is 11.2. The van der Waals surface area contributed by atoms with Gasteiger partial charge in [-0.25, -0.2) is 4.79 Å². The van der Waals surface area contributed by atoms with Gasteiger partial charge in [0.05, 0.1) is 0 Å². The van der Waals surface area contributed by atoms with Gasteiger partial charge in [-0.1, -0.05) is 12.8 Å². The van der Waals surface area contributed by atoms with Gasteiger partial charge in [0.1, 0.15) is 0 Å². The molecule has 13 heavy (non-hydrogen) atoms. The normalized spacial score (nSPS) is 34.8. The Kier molecular flexibility index (Phi) is 1.76. The number of amides is 3. The summed E-state index contributed by atoms with van der Waals surface area (Å²) in [6.45, 7) is 0.